The molecular formula is C11H11IN4O2. The highest BCUT2D eigenvalue weighted by Crippen LogP contribution is 2.26. The van der Waals surface area contributed by atoms with Crippen molar-refractivity contribution in [1.82, 2.24) is 9.78 Å². The summed E-state index contributed by atoms with van der Waals surface area (Å²) in [5, 5.41) is 18.2. The van der Waals surface area contributed by atoms with Crippen LogP contribution in [-0.2, 0) is 13.6 Å². The Morgan fingerprint density at radius 3 is 2.89 bits per heavy atom. The Kier molecular flexibility index (Phi) is 3.80. The number of nitro groups is 1. The third-order valence-corrected chi connectivity index (χ3v) is 3.06. The van der Waals surface area contributed by atoms with Crippen LogP contribution < -0.4 is 5.32 Å². The number of rotatable bonds is 4. The molecule has 2 aromatic rings. The molecule has 7 heteroatoms. The molecule has 0 aliphatic carbocycles. The van der Waals surface area contributed by atoms with E-state index in [9.17, 15) is 10.1 Å². The lowest BCUT2D eigenvalue weighted by molar-refractivity contribution is -0.384. The molecule has 0 fully saturated rings. The molecule has 2 rings (SSSR count). The van der Waals surface area contributed by atoms with Gasteiger partial charge < -0.3 is 5.32 Å². The summed E-state index contributed by atoms with van der Waals surface area (Å²) in [6.45, 7) is 0.461. The topological polar surface area (TPSA) is 73.0 Å². The van der Waals surface area contributed by atoms with E-state index < -0.39 is 0 Å². The predicted octanol–water partition coefficient (Wildman–Crippen LogP) is 2.55. The molecule has 0 aliphatic heterocycles. The summed E-state index contributed by atoms with van der Waals surface area (Å²) in [5.41, 5.74) is 1.43. The van der Waals surface area contributed by atoms with Crippen LogP contribution in [0, 0.1) is 13.7 Å². The average Bonchev–Trinajstić information content (AvgIpc) is 2.73. The highest BCUT2D eigenvalue weighted by atomic mass is 127. The predicted molar refractivity (Wildman–Crippen MR) is 76.3 cm³/mol. The highest BCUT2D eigenvalue weighted by Gasteiger charge is 2.13. The Balaban J connectivity index is 2.16. The van der Waals surface area contributed by atoms with Crippen molar-refractivity contribution in [2.24, 2.45) is 7.05 Å². The van der Waals surface area contributed by atoms with Crippen LogP contribution in [0.15, 0.2) is 30.5 Å². The Labute approximate surface area is 117 Å². The molecule has 0 unspecified atom stereocenters. The maximum Gasteiger partial charge on any atom is 0.293 e. The summed E-state index contributed by atoms with van der Waals surface area (Å²) in [6.07, 6.45) is 1.83. The minimum atomic E-state index is -0.386. The van der Waals surface area contributed by atoms with Gasteiger partial charge in [-0.3, -0.25) is 14.8 Å². The zero-order valence-corrected chi connectivity index (χ0v) is 11.8. The van der Waals surface area contributed by atoms with Crippen LogP contribution in [-0.4, -0.2) is 14.7 Å². The molecule has 0 spiro atoms. The first-order chi connectivity index (χ1) is 8.56. The van der Waals surface area contributed by atoms with Crippen molar-refractivity contribution in [2.45, 2.75) is 6.54 Å². The van der Waals surface area contributed by atoms with E-state index in [0.717, 1.165) is 9.26 Å². The van der Waals surface area contributed by atoms with Crippen molar-refractivity contribution in [3.63, 3.8) is 0 Å². The number of hydrogen-bond donors (Lipinski definition) is 1. The number of aryl methyl sites for hydroxylation is 1. The Bertz CT molecular complexity index is 582. The maximum absolute atomic E-state index is 10.9. The van der Waals surface area contributed by atoms with E-state index in [-0.39, 0.29) is 10.6 Å². The van der Waals surface area contributed by atoms with Crippen LogP contribution in [0.3, 0.4) is 0 Å². The molecule has 18 heavy (non-hydrogen) atoms. The lowest BCUT2D eigenvalue weighted by Crippen LogP contribution is -2.04. The van der Waals surface area contributed by atoms with Gasteiger partial charge in [0.25, 0.3) is 5.69 Å². The summed E-state index contributed by atoms with van der Waals surface area (Å²) in [5.74, 6) is 0. The summed E-state index contributed by atoms with van der Waals surface area (Å²) in [7, 11) is 1.83. The van der Waals surface area contributed by atoms with Gasteiger partial charge in [-0.05, 0) is 40.8 Å². The van der Waals surface area contributed by atoms with Gasteiger partial charge in [0.15, 0.2) is 0 Å². The third kappa shape index (κ3) is 2.97. The largest absolute Gasteiger partial charge is 0.374 e. The second-order valence-electron chi connectivity index (χ2n) is 3.75. The first-order valence-corrected chi connectivity index (χ1v) is 6.30. The molecule has 0 aliphatic rings. The standard InChI is InChI=1S/C11H11IN4O2/c1-15-5-4-9(14-15)7-13-10-3-2-8(12)6-11(10)16(17)18/h2-6,13H,7H2,1H3. The first-order valence-electron chi connectivity index (χ1n) is 5.22. The van der Waals surface area contributed by atoms with E-state index in [4.69, 9.17) is 0 Å². The number of benzene rings is 1. The fourth-order valence-electron chi connectivity index (χ4n) is 1.55. The molecular weight excluding hydrogens is 347 g/mol. The zero-order chi connectivity index (χ0) is 13.1. The smallest absolute Gasteiger partial charge is 0.293 e. The zero-order valence-electron chi connectivity index (χ0n) is 9.63. The van der Waals surface area contributed by atoms with Crippen molar-refractivity contribution >= 4 is 34.0 Å². The number of anilines is 1. The number of hydrogen-bond acceptors (Lipinski definition) is 4. The summed E-state index contributed by atoms with van der Waals surface area (Å²) in [4.78, 5) is 10.5. The fourth-order valence-corrected chi connectivity index (χ4v) is 2.02. The molecule has 0 amide bonds. The second-order valence-corrected chi connectivity index (χ2v) is 5.00. The number of nitrogens with zero attached hydrogens (tertiary/aromatic N) is 3. The van der Waals surface area contributed by atoms with E-state index in [2.05, 4.69) is 33.0 Å². The molecule has 0 atom stereocenters. The minimum Gasteiger partial charge on any atom is -0.374 e. The highest BCUT2D eigenvalue weighted by molar-refractivity contribution is 14.1. The number of aromatic nitrogens is 2. The van der Waals surface area contributed by atoms with Crippen molar-refractivity contribution in [3.8, 4) is 0 Å². The lowest BCUT2D eigenvalue weighted by Gasteiger charge is -2.05. The molecule has 0 saturated carbocycles. The van der Waals surface area contributed by atoms with Gasteiger partial charge in [-0.1, -0.05) is 0 Å². The van der Waals surface area contributed by atoms with E-state index in [1.54, 1.807) is 16.8 Å². The van der Waals surface area contributed by atoms with Crippen LogP contribution in [0.2, 0.25) is 0 Å². The molecule has 1 heterocycles. The monoisotopic (exact) mass is 358 g/mol. The molecule has 0 bridgehead atoms. The molecule has 0 saturated heterocycles. The van der Waals surface area contributed by atoms with Crippen LogP contribution in [0.5, 0.6) is 0 Å². The number of nitro benzene ring substituents is 1. The van der Waals surface area contributed by atoms with Crippen LogP contribution in [0.4, 0.5) is 11.4 Å². The van der Waals surface area contributed by atoms with Gasteiger partial charge in [-0.15, -0.1) is 0 Å². The van der Waals surface area contributed by atoms with E-state index in [1.165, 1.54) is 0 Å². The summed E-state index contributed by atoms with van der Waals surface area (Å²) in [6, 6.07) is 6.95. The molecule has 94 valence electrons. The van der Waals surface area contributed by atoms with Gasteiger partial charge in [0, 0.05) is 22.9 Å². The second kappa shape index (κ2) is 5.34. The fraction of sp³-hybridized carbons (Fsp3) is 0.182. The van der Waals surface area contributed by atoms with Crippen molar-refractivity contribution < 1.29 is 4.92 Å². The third-order valence-electron chi connectivity index (χ3n) is 2.39. The van der Waals surface area contributed by atoms with Gasteiger partial charge in [0.2, 0.25) is 0 Å². The van der Waals surface area contributed by atoms with Crippen LogP contribution in [0.25, 0.3) is 0 Å². The lowest BCUT2D eigenvalue weighted by atomic mass is 10.2. The first kappa shape index (κ1) is 12.8. The van der Waals surface area contributed by atoms with Gasteiger partial charge in [0.1, 0.15) is 5.69 Å². The number of nitrogens with one attached hydrogen (secondary N) is 1. The normalized spacial score (nSPS) is 10.3. The van der Waals surface area contributed by atoms with Crippen molar-refractivity contribution in [1.29, 1.82) is 0 Å². The summed E-state index contributed by atoms with van der Waals surface area (Å²) >= 11 is 2.05. The van der Waals surface area contributed by atoms with Crippen molar-refractivity contribution in [3.05, 3.63) is 49.8 Å². The maximum atomic E-state index is 10.9. The van der Waals surface area contributed by atoms with E-state index in [0.29, 0.717) is 12.2 Å². The van der Waals surface area contributed by atoms with Gasteiger partial charge in [0.05, 0.1) is 17.2 Å². The Hall–Kier alpha value is -1.64. The van der Waals surface area contributed by atoms with Gasteiger partial charge >= 0.3 is 0 Å². The molecule has 1 aromatic heterocycles. The molecule has 1 N–H and O–H groups in total. The van der Waals surface area contributed by atoms with Gasteiger partial charge in [-0.25, -0.2) is 0 Å². The molecule has 0 radical (unpaired) electrons. The summed E-state index contributed by atoms with van der Waals surface area (Å²) < 4.78 is 2.53. The molecule has 1 aromatic carbocycles. The van der Waals surface area contributed by atoms with Gasteiger partial charge in [-0.2, -0.15) is 5.10 Å². The van der Waals surface area contributed by atoms with E-state index in [1.807, 2.05) is 25.4 Å². The van der Waals surface area contributed by atoms with Crippen LogP contribution in [0.1, 0.15) is 5.69 Å². The molecule has 6 nitrogen and oxygen atoms in total. The Morgan fingerprint density at radius 2 is 2.28 bits per heavy atom. The average molecular weight is 358 g/mol. The van der Waals surface area contributed by atoms with Crippen LogP contribution >= 0.6 is 22.6 Å². The van der Waals surface area contributed by atoms with E-state index >= 15 is 0 Å². The number of halogens is 1. The Morgan fingerprint density at radius 1 is 1.50 bits per heavy atom. The quantitative estimate of drug-likeness (QED) is 0.518. The van der Waals surface area contributed by atoms with Crippen molar-refractivity contribution in [2.75, 3.05) is 5.32 Å². The minimum absolute atomic E-state index is 0.0813. The SMILES string of the molecule is Cn1ccc(CNc2ccc(I)cc2[N+](=O)[O-])n1.